The molecule has 3 heteroatoms. The third kappa shape index (κ3) is 6.68. The minimum atomic E-state index is -0.466. The van der Waals surface area contributed by atoms with Crippen LogP contribution >= 0.6 is 18.7 Å². The summed E-state index contributed by atoms with van der Waals surface area (Å²) in [5.41, 5.74) is 0.169. The van der Waals surface area contributed by atoms with Crippen LogP contribution in [-0.2, 0) is 0 Å². The van der Waals surface area contributed by atoms with Gasteiger partial charge in [-0.15, -0.1) is 0 Å². The maximum absolute atomic E-state index is 5.72. The maximum atomic E-state index is 5.72. The van der Waals surface area contributed by atoms with Crippen LogP contribution in [0.25, 0.3) is 0 Å². The fraction of sp³-hybridized carbons (Fsp3) is 1.00. The molecule has 0 radical (unpaired) electrons. The molecule has 0 spiro atoms. The highest BCUT2D eigenvalue weighted by Gasteiger charge is 2.10. The highest BCUT2D eigenvalue weighted by Crippen LogP contribution is 2.33. The predicted octanol–water partition coefficient (Wildman–Crippen LogP) is 2.56. The van der Waals surface area contributed by atoms with E-state index in [0.29, 0.717) is 0 Å². The van der Waals surface area contributed by atoms with Gasteiger partial charge in [-0.05, 0) is 27.4 Å². The van der Waals surface area contributed by atoms with Crippen molar-refractivity contribution >= 4 is 18.7 Å². The summed E-state index contributed by atoms with van der Waals surface area (Å²) in [6.07, 6.45) is 0. The molecule has 0 fully saturated rings. The van der Waals surface area contributed by atoms with E-state index < -0.39 is 7.43 Å². The van der Waals surface area contributed by atoms with E-state index >= 15 is 0 Å². The first-order chi connectivity index (χ1) is 3.42. The lowest BCUT2D eigenvalue weighted by Gasteiger charge is -2.21. The molecule has 1 unspecified atom stereocenters. The Morgan fingerprint density at radius 2 is 1.75 bits per heavy atom. The number of nitrogens with one attached hydrogen (secondary N) is 1. The average Bonchev–Trinajstić information content (AvgIpc) is 1.21. The van der Waals surface area contributed by atoms with Crippen LogP contribution < -0.4 is 5.09 Å². The van der Waals surface area contributed by atoms with Crippen molar-refractivity contribution < 1.29 is 0 Å². The van der Waals surface area contributed by atoms with E-state index in [4.69, 9.17) is 11.2 Å². The zero-order chi connectivity index (χ0) is 6.78. The van der Waals surface area contributed by atoms with E-state index in [-0.39, 0.29) is 5.54 Å². The highest BCUT2D eigenvalue weighted by atomic mass is 35.7. The summed E-state index contributed by atoms with van der Waals surface area (Å²) in [5.74, 6) is 0. The van der Waals surface area contributed by atoms with Crippen LogP contribution in [0.5, 0.6) is 0 Å². The second kappa shape index (κ2) is 3.00. The molecule has 0 aliphatic heterocycles. The average molecular weight is 154 g/mol. The maximum Gasteiger partial charge on any atom is 0.0570 e. The van der Waals surface area contributed by atoms with Gasteiger partial charge in [0.15, 0.2) is 0 Å². The lowest BCUT2D eigenvalue weighted by Crippen LogP contribution is -2.29. The molecule has 50 valence electrons. The van der Waals surface area contributed by atoms with Crippen LogP contribution in [0.4, 0.5) is 0 Å². The molecular weight excluding hydrogens is 140 g/mol. The summed E-state index contributed by atoms with van der Waals surface area (Å²) >= 11 is 5.72. The second-order valence-electron chi connectivity index (χ2n) is 2.84. The Hall–Kier alpha value is 0.680. The summed E-state index contributed by atoms with van der Waals surface area (Å²) in [6, 6.07) is 0. The fourth-order valence-electron chi connectivity index (χ4n) is 0.462. The SMILES string of the molecule is CP(Cl)NC(C)(C)C. The van der Waals surface area contributed by atoms with Gasteiger partial charge in [0.1, 0.15) is 0 Å². The van der Waals surface area contributed by atoms with E-state index in [0.717, 1.165) is 0 Å². The van der Waals surface area contributed by atoms with E-state index in [9.17, 15) is 0 Å². The Morgan fingerprint density at radius 1 is 1.38 bits per heavy atom. The molecule has 0 rings (SSSR count). The predicted molar refractivity (Wildman–Crippen MR) is 41.6 cm³/mol. The topological polar surface area (TPSA) is 12.0 Å². The monoisotopic (exact) mass is 153 g/mol. The Bertz CT molecular complexity index is 67.3. The van der Waals surface area contributed by atoms with Crippen LogP contribution in [0, 0.1) is 0 Å². The molecule has 8 heavy (non-hydrogen) atoms. The van der Waals surface area contributed by atoms with Gasteiger partial charge in [-0.25, -0.2) is 0 Å². The van der Waals surface area contributed by atoms with E-state index in [1.165, 1.54) is 0 Å². The molecule has 0 aromatic carbocycles. The summed E-state index contributed by atoms with van der Waals surface area (Å²) in [4.78, 5) is 0. The standard InChI is InChI=1S/C5H13ClNP/c1-5(2,3)7-8(4)6/h7H,1-4H3. The van der Waals surface area contributed by atoms with E-state index in [1.54, 1.807) is 0 Å². The molecule has 0 aromatic rings. The number of hydrogen-bond donors (Lipinski definition) is 1. The van der Waals surface area contributed by atoms with Gasteiger partial charge < -0.3 is 0 Å². The van der Waals surface area contributed by atoms with Crippen molar-refractivity contribution in [3.63, 3.8) is 0 Å². The summed E-state index contributed by atoms with van der Waals surface area (Å²) in [6.45, 7) is 8.30. The van der Waals surface area contributed by atoms with Crippen molar-refractivity contribution in [2.45, 2.75) is 26.3 Å². The third-order valence-corrected chi connectivity index (χ3v) is 1.72. The molecule has 1 nitrogen and oxygen atoms in total. The van der Waals surface area contributed by atoms with E-state index in [1.807, 2.05) is 6.66 Å². The van der Waals surface area contributed by atoms with Crippen LogP contribution in [-0.4, -0.2) is 12.2 Å². The van der Waals surface area contributed by atoms with Gasteiger partial charge in [0.25, 0.3) is 0 Å². The zero-order valence-electron chi connectivity index (χ0n) is 5.83. The third-order valence-electron chi connectivity index (χ3n) is 0.489. The molecule has 0 aliphatic rings. The molecule has 0 aliphatic carbocycles. The summed E-state index contributed by atoms with van der Waals surface area (Å²) in [7, 11) is -0.466. The summed E-state index contributed by atoms with van der Waals surface area (Å²) in [5, 5.41) is 3.21. The first kappa shape index (κ1) is 8.68. The fourth-order valence-corrected chi connectivity index (χ4v) is 2.15. The van der Waals surface area contributed by atoms with Crippen LogP contribution in [0.15, 0.2) is 0 Å². The molecule has 0 heterocycles. The minimum Gasteiger partial charge on any atom is -0.279 e. The lowest BCUT2D eigenvalue weighted by molar-refractivity contribution is 0.532. The van der Waals surface area contributed by atoms with Crippen molar-refractivity contribution in [3.8, 4) is 0 Å². The smallest absolute Gasteiger partial charge is 0.0570 e. The summed E-state index contributed by atoms with van der Waals surface area (Å²) < 4.78 is 0. The van der Waals surface area contributed by atoms with Gasteiger partial charge in [-0.1, -0.05) is 11.2 Å². The number of rotatable bonds is 1. The largest absolute Gasteiger partial charge is 0.279 e. The van der Waals surface area contributed by atoms with Crippen molar-refractivity contribution in [1.29, 1.82) is 0 Å². The Labute approximate surface area is 57.4 Å². The highest BCUT2D eigenvalue weighted by molar-refractivity contribution is 7.81. The van der Waals surface area contributed by atoms with Gasteiger partial charge in [0.05, 0.1) is 7.43 Å². The molecule has 0 aromatic heterocycles. The molecule has 1 atom stereocenters. The Morgan fingerprint density at radius 3 is 1.75 bits per heavy atom. The first-order valence-corrected chi connectivity index (χ1v) is 5.28. The van der Waals surface area contributed by atoms with E-state index in [2.05, 4.69) is 25.9 Å². The molecule has 0 saturated heterocycles. The van der Waals surface area contributed by atoms with Crippen molar-refractivity contribution in [2.75, 3.05) is 6.66 Å². The van der Waals surface area contributed by atoms with Crippen LogP contribution in [0.2, 0.25) is 0 Å². The molecular formula is C5H13ClNP. The quantitative estimate of drug-likeness (QED) is 0.571. The van der Waals surface area contributed by atoms with Crippen molar-refractivity contribution in [2.24, 2.45) is 0 Å². The van der Waals surface area contributed by atoms with Crippen LogP contribution in [0.1, 0.15) is 20.8 Å². The van der Waals surface area contributed by atoms with Gasteiger partial charge in [-0.3, -0.25) is 5.09 Å². The second-order valence-corrected chi connectivity index (χ2v) is 5.54. The Balaban J connectivity index is 3.39. The van der Waals surface area contributed by atoms with Crippen LogP contribution in [0.3, 0.4) is 0 Å². The number of halogens is 1. The lowest BCUT2D eigenvalue weighted by atomic mass is 10.1. The van der Waals surface area contributed by atoms with Gasteiger partial charge in [0, 0.05) is 5.54 Å². The molecule has 0 saturated carbocycles. The minimum absolute atomic E-state index is 0.169. The zero-order valence-corrected chi connectivity index (χ0v) is 7.48. The normalized spacial score (nSPS) is 16.1. The molecule has 0 bridgehead atoms. The van der Waals surface area contributed by atoms with Crippen molar-refractivity contribution in [1.82, 2.24) is 5.09 Å². The number of hydrogen-bond acceptors (Lipinski definition) is 1. The first-order valence-electron chi connectivity index (χ1n) is 2.59. The van der Waals surface area contributed by atoms with Gasteiger partial charge in [-0.2, -0.15) is 0 Å². The van der Waals surface area contributed by atoms with Gasteiger partial charge >= 0.3 is 0 Å². The molecule has 1 N–H and O–H groups in total. The van der Waals surface area contributed by atoms with Gasteiger partial charge in [0.2, 0.25) is 0 Å². The van der Waals surface area contributed by atoms with Crippen molar-refractivity contribution in [3.05, 3.63) is 0 Å². The Kier molecular flexibility index (Phi) is 3.26. The molecule has 0 amide bonds.